The van der Waals surface area contributed by atoms with Gasteiger partial charge in [0.1, 0.15) is 10.2 Å². The first-order valence-corrected chi connectivity index (χ1v) is 5.51. The Hall–Kier alpha value is -0.680. The van der Waals surface area contributed by atoms with Crippen LogP contribution in [0.2, 0.25) is 0 Å². The first-order chi connectivity index (χ1) is 6.89. The normalized spacial score (nSPS) is 11.9. The molecule has 1 rings (SSSR count). The van der Waals surface area contributed by atoms with E-state index in [1.165, 1.54) is 0 Å². The van der Waals surface area contributed by atoms with Crippen LogP contribution < -0.4 is 4.74 Å². The highest BCUT2D eigenvalue weighted by Crippen LogP contribution is 2.16. The van der Waals surface area contributed by atoms with Crippen molar-refractivity contribution in [3.05, 3.63) is 16.7 Å². The second-order valence-electron chi connectivity index (χ2n) is 4.29. The maximum absolute atomic E-state index is 5.73. The third kappa shape index (κ3) is 4.57. The molecule has 1 heterocycles. The number of ether oxygens (including phenoxy) is 1. The summed E-state index contributed by atoms with van der Waals surface area (Å²) in [6.45, 7) is 4.87. The van der Waals surface area contributed by atoms with E-state index in [9.17, 15) is 0 Å². The van der Waals surface area contributed by atoms with E-state index in [-0.39, 0.29) is 5.60 Å². The molecule has 15 heavy (non-hydrogen) atoms. The van der Waals surface area contributed by atoms with E-state index >= 15 is 0 Å². The minimum absolute atomic E-state index is 0.272. The molecule has 0 aromatic carbocycles. The number of aromatic nitrogens is 2. The zero-order valence-corrected chi connectivity index (χ0v) is 11.1. The third-order valence-corrected chi connectivity index (χ3v) is 2.11. The Balaban J connectivity index is 2.64. The van der Waals surface area contributed by atoms with Crippen LogP contribution in [0.4, 0.5) is 0 Å². The van der Waals surface area contributed by atoms with Gasteiger partial charge in [-0.3, -0.25) is 0 Å². The summed E-state index contributed by atoms with van der Waals surface area (Å²) in [5.41, 5.74) is -0.272. The Morgan fingerprint density at radius 2 is 2.00 bits per heavy atom. The summed E-state index contributed by atoms with van der Waals surface area (Å²) in [6.07, 6.45) is 0. The zero-order chi connectivity index (χ0) is 11.5. The molecule has 0 spiro atoms. The molecular formula is C10H16BrN3O. The van der Waals surface area contributed by atoms with Gasteiger partial charge in [0.25, 0.3) is 0 Å². The second-order valence-corrected chi connectivity index (χ2v) is 5.11. The van der Waals surface area contributed by atoms with Crippen molar-refractivity contribution in [2.24, 2.45) is 0 Å². The highest BCUT2D eigenvalue weighted by Gasteiger charge is 2.21. The molecule has 0 aliphatic heterocycles. The number of nitrogens with zero attached hydrogens (tertiary/aromatic N) is 3. The maximum atomic E-state index is 5.73. The number of hydrogen-bond donors (Lipinski definition) is 0. The standard InChI is InChI=1S/C10H16BrN3O/c1-10(2,7-14(3)4)15-9-6-5-8(11)12-13-9/h5-6H,7H2,1-4H3. The van der Waals surface area contributed by atoms with Gasteiger partial charge in [0, 0.05) is 12.6 Å². The average Bonchev–Trinajstić information content (AvgIpc) is 2.06. The lowest BCUT2D eigenvalue weighted by atomic mass is 10.1. The topological polar surface area (TPSA) is 38.2 Å². The summed E-state index contributed by atoms with van der Waals surface area (Å²) in [4.78, 5) is 2.08. The van der Waals surface area contributed by atoms with Gasteiger partial charge in [-0.25, -0.2) is 0 Å². The fourth-order valence-corrected chi connectivity index (χ4v) is 1.65. The van der Waals surface area contributed by atoms with Crippen LogP contribution in [0.5, 0.6) is 5.88 Å². The van der Waals surface area contributed by atoms with Gasteiger partial charge in [-0.1, -0.05) is 0 Å². The Kier molecular flexibility index (Phi) is 4.04. The molecule has 5 heteroatoms. The third-order valence-electron chi connectivity index (χ3n) is 1.69. The summed E-state index contributed by atoms with van der Waals surface area (Å²) in [7, 11) is 4.02. The first-order valence-electron chi connectivity index (χ1n) is 4.72. The van der Waals surface area contributed by atoms with Gasteiger partial charge in [0.05, 0.1) is 0 Å². The molecule has 0 saturated heterocycles. The molecule has 0 bridgehead atoms. The zero-order valence-electron chi connectivity index (χ0n) is 9.49. The summed E-state index contributed by atoms with van der Waals surface area (Å²) in [5, 5.41) is 7.80. The smallest absolute Gasteiger partial charge is 0.234 e. The minimum atomic E-state index is -0.272. The van der Waals surface area contributed by atoms with E-state index in [0.29, 0.717) is 10.5 Å². The quantitative estimate of drug-likeness (QED) is 0.841. The molecule has 0 saturated carbocycles. The van der Waals surface area contributed by atoms with Gasteiger partial charge in [0.15, 0.2) is 0 Å². The van der Waals surface area contributed by atoms with Crippen LogP contribution in [-0.4, -0.2) is 41.3 Å². The van der Waals surface area contributed by atoms with Crippen molar-refractivity contribution in [1.82, 2.24) is 15.1 Å². The molecule has 0 radical (unpaired) electrons. The van der Waals surface area contributed by atoms with E-state index < -0.39 is 0 Å². The molecule has 0 amide bonds. The van der Waals surface area contributed by atoms with E-state index in [2.05, 4.69) is 31.0 Å². The van der Waals surface area contributed by atoms with Gasteiger partial charge in [-0.2, -0.15) is 0 Å². The SMILES string of the molecule is CN(C)CC(C)(C)Oc1ccc(Br)nn1. The number of likely N-dealkylation sites (N-methyl/N-ethyl adjacent to an activating group) is 1. The van der Waals surface area contributed by atoms with Crippen molar-refractivity contribution < 1.29 is 4.74 Å². The summed E-state index contributed by atoms with van der Waals surface area (Å²) in [5.74, 6) is 0.546. The monoisotopic (exact) mass is 273 g/mol. The molecule has 1 aromatic rings. The highest BCUT2D eigenvalue weighted by atomic mass is 79.9. The van der Waals surface area contributed by atoms with Crippen LogP contribution in [-0.2, 0) is 0 Å². The molecule has 84 valence electrons. The van der Waals surface area contributed by atoms with Crippen molar-refractivity contribution in [3.8, 4) is 5.88 Å². The molecule has 0 aliphatic carbocycles. The largest absolute Gasteiger partial charge is 0.469 e. The molecule has 0 fully saturated rings. The molecule has 1 aromatic heterocycles. The van der Waals surface area contributed by atoms with E-state index in [0.717, 1.165) is 6.54 Å². The summed E-state index contributed by atoms with van der Waals surface area (Å²) < 4.78 is 6.44. The second kappa shape index (κ2) is 4.90. The van der Waals surface area contributed by atoms with Crippen molar-refractivity contribution in [2.75, 3.05) is 20.6 Å². The van der Waals surface area contributed by atoms with Crippen LogP contribution >= 0.6 is 15.9 Å². The summed E-state index contributed by atoms with van der Waals surface area (Å²) >= 11 is 3.23. The lowest BCUT2D eigenvalue weighted by molar-refractivity contribution is 0.0713. The van der Waals surface area contributed by atoms with Crippen LogP contribution in [0.1, 0.15) is 13.8 Å². The van der Waals surface area contributed by atoms with Crippen molar-refractivity contribution in [1.29, 1.82) is 0 Å². The van der Waals surface area contributed by atoms with Gasteiger partial charge >= 0.3 is 0 Å². The van der Waals surface area contributed by atoms with Gasteiger partial charge in [-0.15, -0.1) is 10.2 Å². The lowest BCUT2D eigenvalue weighted by Gasteiger charge is -2.28. The number of halogens is 1. The molecule has 4 nitrogen and oxygen atoms in total. The predicted octanol–water partition coefficient (Wildman–Crippen LogP) is 1.96. The van der Waals surface area contributed by atoms with E-state index in [1.54, 1.807) is 6.07 Å². The Bertz CT molecular complexity index is 311. The van der Waals surface area contributed by atoms with Crippen LogP contribution in [0.15, 0.2) is 16.7 Å². The minimum Gasteiger partial charge on any atom is -0.469 e. The first kappa shape index (κ1) is 12.4. The highest BCUT2D eigenvalue weighted by molar-refractivity contribution is 9.10. The summed E-state index contributed by atoms with van der Waals surface area (Å²) in [6, 6.07) is 3.61. The van der Waals surface area contributed by atoms with Gasteiger partial charge < -0.3 is 9.64 Å². The molecule has 0 unspecified atom stereocenters. The lowest BCUT2D eigenvalue weighted by Crippen LogP contribution is -2.39. The fraction of sp³-hybridized carbons (Fsp3) is 0.600. The number of rotatable bonds is 4. The predicted molar refractivity (Wildman–Crippen MR) is 63.0 cm³/mol. The van der Waals surface area contributed by atoms with E-state index in [1.807, 2.05) is 34.0 Å². The number of hydrogen-bond acceptors (Lipinski definition) is 4. The van der Waals surface area contributed by atoms with E-state index in [4.69, 9.17) is 4.74 Å². The molecule has 0 atom stereocenters. The van der Waals surface area contributed by atoms with Crippen LogP contribution in [0.3, 0.4) is 0 Å². The average molecular weight is 274 g/mol. The Labute approximate surface area is 98.8 Å². The van der Waals surface area contributed by atoms with Crippen molar-refractivity contribution in [2.45, 2.75) is 19.4 Å². The Morgan fingerprint density at radius 1 is 1.33 bits per heavy atom. The molecule has 0 aliphatic rings. The molecular weight excluding hydrogens is 258 g/mol. The van der Waals surface area contributed by atoms with Gasteiger partial charge in [-0.05, 0) is 49.9 Å². The van der Waals surface area contributed by atoms with Gasteiger partial charge in [0.2, 0.25) is 5.88 Å². The van der Waals surface area contributed by atoms with Crippen LogP contribution in [0.25, 0.3) is 0 Å². The van der Waals surface area contributed by atoms with Crippen LogP contribution in [0, 0.1) is 0 Å². The molecule has 0 N–H and O–H groups in total. The van der Waals surface area contributed by atoms with Crippen molar-refractivity contribution >= 4 is 15.9 Å². The van der Waals surface area contributed by atoms with Crippen molar-refractivity contribution in [3.63, 3.8) is 0 Å². The fourth-order valence-electron chi connectivity index (χ4n) is 1.44. The maximum Gasteiger partial charge on any atom is 0.234 e. The Morgan fingerprint density at radius 3 is 2.47 bits per heavy atom.